The molecule has 0 radical (unpaired) electrons. The van der Waals surface area contributed by atoms with Gasteiger partial charge in [-0.25, -0.2) is 0 Å². The van der Waals surface area contributed by atoms with Crippen molar-refractivity contribution in [3.63, 3.8) is 0 Å². The van der Waals surface area contributed by atoms with Crippen LogP contribution in [0, 0.1) is 0 Å². The molecule has 0 spiro atoms. The van der Waals surface area contributed by atoms with E-state index in [4.69, 9.17) is 19.9 Å². The number of nitrogen functional groups attached to an aromatic ring is 1. The lowest BCUT2D eigenvalue weighted by Gasteiger charge is -2.25. The lowest BCUT2D eigenvalue weighted by molar-refractivity contribution is -0.0832. The quantitative estimate of drug-likeness (QED) is 0.682. The van der Waals surface area contributed by atoms with Crippen molar-refractivity contribution < 1.29 is 14.2 Å². The minimum atomic E-state index is 0.00139. The van der Waals surface area contributed by atoms with E-state index in [0.717, 1.165) is 0 Å². The van der Waals surface area contributed by atoms with Gasteiger partial charge in [0.25, 0.3) is 0 Å². The maximum atomic E-state index is 5.42. The monoisotopic (exact) mass is 198 g/mol. The number of hydrogen-bond donors (Lipinski definition) is 1. The molecule has 0 atom stereocenters. The van der Waals surface area contributed by atoms with Crippen LogP contribution in [0.4, 0.5) is 5.95 Å². The highest BCUT2D eigenvalue weighted by Crippen LogP contribution is 2.14. The molecule has 0 bridgehead atoms. The highest BCUT2D eigenvalue weighted by molar-refractivity contribution is 5.20. The number of methoxy groups -OCH3 is 1. The Hall–Kier alpha value is -1.63. The second-order valence-electron chi connectivity index (χ2n) is 2.74. The van der Waals surface area contributed by atoms with E-state index in [1.54, 1.807) is 0 Å². The molecule has 1 fully saturated rings. The number of ether oxygens (including phenoxy) is 3. The third-order valence-corrected chi connectivity index (χ3v) is 1.67. The standard InChI is InChI=1S/C7H10N4O3/c1-12-6-9-5(8)10-7(11-6)14-4-2-13-3-4/h4H,2-3H2,1H3,(H2,8,9,10,11). The van der Waals surface area contributed by atoms with Crippen LogP contribution in [-0.2, 0) is 4.74 Å². The van der Waals surface area contributed by atoms with Gasteiger partial charge in [-0.05, 0) is 0 Å². The van der Waals surface area contributed by atoms with Crippen LogP contribution in [0.25, 0.3) is 0 Å². The molecule has 1 aromatic rings. The molecule has 1 aromatic heterocycles. The summed E-state index contributed by atoms with van der Waals surface area (Å²) >= 11 is 0. The minimum absolute atomic E-state index is 0.00139. The average Bonchev–Trinajstić information content (AvgIpc) is 2.10. The number of hydrogen-bond acceptors (Lipinski definition) is 7. The van der Waals surface area contributed by atoms with Crippen LogP contribution in [0.1, 0.15) is 0 Å². The van der Waals surface area contributed by atoms with E-state index in [-0.39, 0.29) is 24.1 Å². The zero-order chi connectivity index (χ0) is 9.97. The third-order valence-electron chi connectivity index (χ3n) is 1.67. The van der Waals surface area contributed by atoms with Crippen LogP contribution in [0.15, 0.2) is 0 Å². The van der Waals surface area contributed by atoms with Crippen molar-refractivity contribution in [3.8, 4) is 12.0 Å². The van der Waals surface area contributed by atoms with Gasteiger partial charge in [-0.1, -0.05) is 0 Å². The highest BCUT2D eigenvalue weighted by Gasteiger charge is 2.21. The Labute approximate surface area is 80.2 Å². The van der Waals surface area contributed by atoms with Crippen LogP contribution in [0.3, 0.4) is 0 Å². The van der Waals surface area contributed by atoms with Gasteiger partial charge in [0, 0.05) is 0 Å². The Balaban J connectivity index is 2.11. The lowest BCUT2D eigenvalue weighted by atomic mass is 10.3. The fraction of sp³-hybridized carbons (Fsp3) is 0.571. The Morgan fingerprint density at radius 3 is 2.57 bits per heavy atom. The van der Waals surface area contributed by atoms with E-state index in [9.17, 15) is 0 Å². The molecule has 1 aliphatic heterocycles. The first-order chi connectivity index (χ1) is 6.78. The molecule has 76 valence electrons. The van der Waals surface area contributed by atoms with Gasteiger partial charge in [-0.3, -0.25) is 0 Å². The normalized spacial score (nSPS) is 16.1. The summed E-state index contributed by atoms with van der Waals surface area (Å²) in [5.41, 5.74) is 5.42. The van der Waals surface area contributed by atoms with E-state index < -0.39 is 0 Å². The molecule has 14 heavy (non-hydrogen) atoms. The van der Waals surface area contributed by atoms with Crippen LogP contribution < -0.4 is 15.2 Å². The van der Waals surface area contributed by atoms with E-state index in [0.29, 0.717) is 13.2 Å². The Kier molecular flexibility index (Phi) is 2.32. The Morgan fingerprint density at radius 1 is 1.29 bits per heavy atom. The molecule has 2 rings (SSSR count). The fourth-order valence-corrected chi connectivity index (χ4v) is 0.928. The van der Waals surface area contributed by atoms with Gasteiger partial charge in [0.2, 0.25) is 5.95 Å². The molecule has 7 heteroatoms. The van der Waals surface area contributed by atoms with Crippen molar-refractivity contribution in [3.05, 3.63) is 0 Å². The van der Waals surface area contributed by atoms with Crippen molar-refractivity contribution in [1.82, 2.24) is 15.0 Å². The van der Waals surface area contributed by atoms with E-state index in [1.807, 2.05) is 0 Å². The maximum Gasteiger partial charge on any atom is 0.324 e. The summed E-state index contributed by atoms with van der Waals surface area (Å²) in [6.45, 7) is 1.10. The smallest absolute Gasteiger partial charge is 0.324 e. The maximum absolute atomic E-state index is 5.42. The first-order valence-electron chi connectivity index (χ1n) is 4.08. The van der Waals surface area contributed by atoms with Crippen molar-refractivity contribution in [1.29, 1.82) is 0 Å². The summed E-state index contributed by atoms with van der Waals surface area (Å²) in [7, 11) is 1.45. The van der Waals surface area contributed by atoms with Crippen molar-refractivity contribution in [2.75, 3.05) is 26.1 Å². The molecule has 0 saturated carbocycles. The van der Waals surface area contributed by atoms with Gasteiger partial charge in [0.15, 0.2) is 0 Å². The largest absolute Gasteiger partial charge is 0.467 e. The number of rotatable bonds is 3. The Bertz CT molecular complexity index is 329. The number of aromatic nitrogens is 3. The molecule has 0 aromatic carbocycles. The average molecular weight is 198 g/mol. The first-order valence-corrected chi connectivity index (χ1v) is 4.08. The second-order valence-corrected chi connectivity index (χ2v) is 2.74. The van der Waals surface area contributed by atoms with Gasteiger partial charge in [0.1, 0.15) is 6.10 Å². The summed E-state index contributed by atoms with van der Waals surface area (Å²) in [5, 5.41) is 0. The van der Waals surface area contributed by atoms with E-state index >= 15 is 0 Å². The van der Waals surface area contributed by atoms with Crippen molar-refractivity contribution in [2.45, 2.75) is 6.10 Å². The predicted molar refractivity (Wildman–Crippen MR) is 46.0 cm³/mol. The molecule has 1 aliphatic rings. The van der Waals surface area contributed by atoms with E-state index in [1.165, 1.54) is 7.11 Å². The molecule has 0 aliphatic carbocycles. The summed E-state index contributed by atoms with van der Waals surface area (Å²) < 4.78 is 15.1. The molecular formula is C7H10N4O3. The summed E-state index contributed by atoms with van der Waals surface area (Å²) in [5.74, 6) is 0.0760. The van der Waals surface area contributed by atoms with Gasteiger partial charge in [0.05, 0.1) is 20.3 Å². The van der Waals surface area contributed by atoms with Crippen LogP contribution in [0.5, 0.6) is 12.0 Å². The topological polar surface area (TPSA) is 92.4 Å². The van der Waals surface area contributed by atoms with Gasteiger partial charge >= 0.3 is 12.0 Å². The SMILES string of the molecule is COc1nc(N)nc(OC2COC2)n1. The molecule has 2 N–H and O–H groups in total. The minimum Gasteiger partial charge on any atom is -0.467 e. The van der Waals surface area contributed by atoms with Gasteiger partial charge in [-0.2, -0.15) is 9.97 Å². The second kappa shape index (κ2) is 3.62. The fourth-order valence-electron chi connectivity index (χ4n) is 0.928. The van der Waals surface area contributed by atoms with Crippen molar-refractivity contribution in [2.24, 2.45) is 0 Å². The highest BCUT2D eigenvalue weighted by atomic mass is 16.6. The molecular weight excluding hydrogens is 188 g/mol. The molecule has 2 heterocycles. The third kappa shape index (κ3) is 1.82. The lowest BCUT2D eigenvalue weighted by Crippen LogP contribution is -2.39. The number of anilines is 1. The molecule has 7 nitrogen and oxygen atoms in total. The first kappa shape index (κ1) is 8.95. The van der Waals surface area contributed by atoms with Crippen LogP contribution in [0.2, 0.25) is 0 Å². The molecule has 1 saturated heterocycles. The Morgan fingerprint density at radius 2 is 2.00 bits per heavy atom. The van der Waals surface area contributed by atoms with Gasteiger partial charge in [-0.15, -0.1) is 4.98 Å². The summed E-state index contributed by atoms with van der Waals surface area (Å²) in [4.78, 5) is 11.4. The number of nitrogens with zero attached hydrogens (tertiary/aromatic N) is 3. The van der Waals surface area contributed by atoms with Gasteiger partial charge < -0.3 is 19.9 Å². The van der Waals surface area contributed by atoms with E-state index in [2.05, 4.69) is 15.0 Å². The zero-order valence-electron chi connectivity index (χ0n) is 7.64. The van der Waals surface area contributed by atoms with Crippen molar-refractivity contribution >= 4 is 5.95 Å². The van der Waals surface area contributed by atoms with Crippen LogP contribution in [-0.4, -0.2) is 41.4 Å². The predicted octanol–water partition coefficient (Wildman–Crippen LogP) is -0.760. The zero-order valence-corrected chi connectivity index (χ0v) is 7.64. The number of nitrogens with two attached hydrogens (primary N) is 1. The molecule has 0 amide bonds. The van der Waals surface area contributed by atoms with Crippen LogP contribution >= 0.6 is 0 Å². The summed E-state index contributed by atoms with van der Waals surface area (Å²) in [6.07, 6.45) is 0.00139. The summed E-state index contributed by atoms with van der Waals surface area (Å²) in [6, 6.07) is 0.315. The molecule has 0 unspecified atom stereocenters.